The standard InChI is InChI=1S/C13H20N2O2/c1-14-8-5-9-15-13(16)12-7-4-3-6-11(12)10-17-2/h3-4,6-7,14H,5,8-10H2,1-2H3,(H,15,16). The third-order valence-electron chi connectivity index (χ3n) is 2.45. The van der Waals surface area contributed by atoms with Crippen LogP contribution in [0.15, 0.2) is 24.3 Å². The van der Waals surface area contributed by atoms with Gasteiger partial charge in [0, 0.05) is 19.2 Å². The molecule has 0 spiro atoms. The summed E-state index contributed by atoms with van der Waals surface area (Å²) in [6.45, 7) is 2.04. The zero-order valence-electron chi connectivity index (χ0n) is 10.5. The molecule has 0 radical (unpaired) electrons. The summed E-state index contributed by atoms with van der Waals surface area (Å²) in [7, 11) is 3.53. The lowest BCUT2D eigenvalue weighted by atomic mass is 10.1. The molecule has 1 rings (SSSR count). The lowest BCUT2D eigenvalue weighted by Crippen LogP contribution is -2.27. The minimum absolute atomic E-state index is 0.0336. The predicted octanol–water partition coefficient (Wildman–Crippen LogP) is 1.17. The van der Waals surface area contributed by atoms with Gasteiger partial charge in [-0.2, -0.15) is 0 Å². The first kappa shape index (κ1) is 13.7. The van der Waals surface area contributed by atoms with Crippen LogP contribution in [0.25, 0.3) is 0 Å². The Bertz CT molecular complexity index is 353. The molecular weight excluding hydrogens is 216 g/mol. The van der Waals surface area contributed by atoms with Crippen LogP contribution < -0.4 is 10.6 Å². The van der Waals surface area contributed by atoms with Crippen molar-refractivity contribution in [3.05, 3.63) is 35.4 Å². The number of carbonyl (C=O) groups excluding carboxylic acids is 1. The maximum atomic E-state index is 11.9. The van der Waals surface area contributed by atoms with Crippen LogP contribution in [0.4, 0.5) is 0 Å². The van der Waals surface area contributed by atoms with Crippen LogP contribution >= 0.6 is 0 Å². The molecule has 0 aliphatic carbocycles. The van der Waals surface area contributed by atoms with Crippen molar-refractivity contribution in [2.24, 2.45) is 0 Å². The second-order valence-corrected chi connectivity index (χ2v) is 3.80. The summed E-state index contributed by atoms with van der Waals surface area (Å²) in [6.07, 6.45) is 0.925. The molecule has 94 valence electrons. The van der Waals surface area contributed by atoms with Crippen molar-refractivity contribution in [1.82, 2.24) is 10.6 Å². The van der Waals surface area contributed by atoms with Gasteiger partial charge in [0.1, 0.15) is 0 Å². The highest BCUT2D eigenvalue weighted by Gasteiger charge is 2.09. The topological polar surface area (TPSA) is 50.4 Å². The Labute approximate surface area is 102 Å². The molecule has 0 unspecified atom stereocenters. The summed E-state index contributed by atoms with van der Waals surface area (Å²) in [4.78, 5) is 11.9. The van der Waals surface area contributed by atoms with Crippen molar-refractivity contribution in [3.63, 3.8) is 0 Å². The first-order chi connectivity index (χ1) is 8.29. The molecular formula is C13H20N2O2. The average molecular weight is 236 g/mol. The van der Waals surface area contributed by atoms with Gasteiger partial charge in [-0.05, 0) is 31.6 Å². The van der Waals surface area contributed by atoms with Crippen molar-refractivity contribution in [2.45, 2.75) is 13.0 Å². The van der Waals surface area contributed by atoms with Gasteiger partial charge in [0.05, 0.1) is 6.61 Å². The van der Waals surface area contributed by atoms with E-state index in [1.807, 2.05) is 31.3 Å². The van der Waals surface area contributed by atoms with Crippen molar-refractivity contribution in [3.8, 4) is 0 Å². The average Bonchev–Trinajstić information content (AvgIpc) is 2.35. The summed E-state index contributed by atoms with van der Waals surface area (Å²) < 4.78 is 5.07. The fourth-order valence-electron chi connectivity index (χ4n) is 1.59. The highest BCUT2D eigenvalue weighted by molar-refractivity contribution is 5.95. The highest BCUT2D eigenvalue weighted by Crippen LogP contribution is 2.09. The van der Waals surface area contributed by atoms with Crippen LogP contribution in [0.1, 0.15) is 22.3 Å². The largest absolute Gasteiger partial charge is 0.380 e. The molecule has 0 bridgehead atoms. The number of benzene rings is 1. The molecule has 0 saturated heterocycles. The van der Waals surface area contributed by atoms with Gasteiger partial charge < -0.3 is 15.4 Å². The normalized spacial score (nSPS) is 10.2. The maximum Gasteiger partial charge on any atom is 0.251 e. The number of methoxy groups -OCH3 is 1. The summed E-state index contributed by atoms with van der Waals surface area (Å²) in [5, 5.41) is 5.94. The number of amides is 1. The van der Waals surface area contributed by atoms with Gasteiger partial charge in [0.2, 0.25) is 0 Å². The number of nitrogens with one attached hydrogen (secondary N) is 2. The number of ether oxygens (including phenoxy) is 1. The Hall–Kier alpha value is -1.39. The third-order valence-corrected chi connectivity index (χ3v) is 2.45. The van der Waals surface area contributed by atoms with Crippen molar-refractivity contribution < 1.29 is 9.53 Å². The van der Waals surface area contributed by atoms with Crippen molar-refractivity contribution in [2.75, 3.05) is 27.2 Å². The smallest absolute Gasteiger partial charge is 0.251 e. The number of hydrogen-bond donors (Lipinski definition) is 2. The van der Waals surface area contributed by atoms with Gasteiger partial charge in [0.25, 0.3) is 5.91 Å². The van der Waals surface area contributed by atoms with Crippen molar-refractivity contribution in [1.29, 1.82) is 0 Å². The number of hydrogen-bond acceptors (Lipinski definition) is 3. The Kier molecular flexibility index (Phi) is 6.29. The first-order valence-electron chi connectivity index (χ1n) is 5.79. The van der Waals surface area contributed by atoms with E-state index in [1.54, 1.807) is 7.11 Å². The molecule has 4 nitrogen and oxygen atoms in total. The molecule has 1 aromatic rings. The molecule has 0 aliphatic rings. The third kappa shape index (κ3) is 4.54. The minimum atomic E-state index is -0.0336. The van der Waals surface area contributed by atoms with Gasteiger partial charge >= 0.3 is 0 Å². The molecule has 0 heterocycles. The number of carbonyl (C=O) groups is 1. The van der Waals surface area contributed by atoms with Gasteiger partial charge in [-0.1, -0.05) is 18.2 Å². The van der Waals surface area contributed by atoms with Crippen LogP contribution in [0, 0.1) is 0 Å². The Morgan fingerprint density at radius 1 is 1.29 bits per heavy atom. The molecule has 2 N–H and O–H groups in total. The Morgan fingerprint density at radius 2 is 2.06 bits per heavy atom. The van der Waals surface area contributed by atoms with E-state index in [-0.39, 0.29) is 5.91 Å². The first-order valence-corrected chi connectivity index (χ1v) is 5.79. The van der Waals surface area contributed by atoms with Crippen LogP contribution in [0.5, 0.6) is 0 Å². The lowest BCUT2D eigenvalue weighted by Gasteiger charge is -2.09. The monoisotopic (exact) mass is 236 g/mol. The van der Waals surface area contributed by atoms with Crippen molar-refractivity contribution >= 4 is 5.91 Å². The van der Waals surface area contributed by atoms with Crippen LogP contribution in [0.2, 0.25) is 0 Å². The van der Waals surface area contributed by atoms with Crippen LogP contribution in [-0.4, -0.2) is 33.2 Å². The van der Waals surface area contributed by atoms with E-state index < -0.39 is 0 Å². The predicted molar refractivity (Wildman–Crippen MR) is 68.0 cm³/mol. The maximum absolute atomic E-state index is 11.9. The molecule has 0 fully saturated rings. The second kappa shape index (κ2) is 7.81. The van der Waals surface area contributed by atoms with E-state index in [2.05, 4.69) is 10.6 Å². The molecule has 17 heavy (non-hydrogen) atoms. The summed E-state index contributed by atoms with van der Waals surface area (Å²) >= 11 is 0. The van der Waals surface area contributed by atoms with Gasteiger partial charge in [-0.25, -0.2) is 0 Å². The van der Waals surface area contributed by atoms with E-state index >= 15 is 0 Å². The van der Waals surface area contributed by atoms with Gasteiger partial charge in [0.15, 0.2) is 0 Å². The molecule has 0 atom stereocenters. The minimum Gasteiger partial charge on any atom is -0.380 e. The van der Waals surface area contributed by atoms with Crippen LogP contribution in [-0.2, 0) is 11.3 Å². The Balaban J connectivity index is 2.55. The summed E-state index contributed by atoms with van der Waals surface area (Å²) in [6, 6.07) is 7.50. The number of rotatable bonds is 7. The van der Waals surface area contributed by atoms with E-state index in [0.29, 0.717) is 18.7 Å². The SMILES string of the molecule is CNCCCNC(=O)c1ccccc1COC. The molecule has 0 aliphatic heterocycles. The zero-order valence-corrected chi connectivity index (χ0v) is 10.5. The summed E-state index contributed by atoms with van der Waals surface area (Å²) in [5.41, 5.74) is 1.61. The second-order valence-electron chi connectivity index (χ2n) is 3.80. The van der Waals surface area contributed by atoms with E-state index in [0.717, 1.165) is 18.5 Å². The van der Waals surface area contributed by atoms with Gasteiger partial charge in [-0.3, -0.25) is 4.79 Å². The van der Waals surface area contributed by atoms with E-state index in [4.69, 9.17) is 4.74 Å². The fourth-order valence-corrected chi connectivity index (χ4v) is 1.59. The molecule has 0 saturated carbocycles. The quantitative estimate of drug-likeness (QED) is 0.699. The van der Waals surface area contributed by atoms with Crippen LogP contribution in [0.3, 0.4) is 0 Å². The fraction of sp³-hybridized carbons (Fsp3) is 0.462. The van der Waals surface area contributed by atoms with Gasteiger partial charge in [-0.15, -0.1) is 0 Å². The Morgan fingerprint density at radius 3 is 2.76 bits per heavy atom. The molecule has 1 aromatic carbocycles. The van der Waals surface area contributed by atoms with E-state index in [1.165, 1.54) is 0 Å². The highest BCUT2D eigenvalue weighted by atomic mass is 16.5. The molecule has 1 amide bonds. The van der Waals surface area contributed by atoms with E-state index in [9.17, 15) is 4.79 Å². The zero-order chi connectivity index (χ0) is 12.5. The molecule has 4 heteroatoms. The molecule has 0 aromatic heterocycles. The lowest BCUT2D eigenvalue weighted by molar-refractivity contribution is 0.0948. The summed E-state index contributed by atoms with van der Waals surface area (Å²) in [5.74, 6) is -0.0336.